The fraction of sp³-hybridized carbons (Fsp3) is 0.600. The van der Waals surface area contributed by atoms with Crippen LogP contribution in [0.25, 0.3) is 0 Å². The average molecular weight is 298 g/mol. The van der Waals surface area contributed by atoms with Crippen LogP contribution in [0.3, 0.4) is 0 Å². The van der Waals surface area contributed by atoms with Gasteiger partial charge in [0.1, 0.15) is 0 Å². The van der Waals surface area contributed by atoms with E-state index < -0.39 is 0 Å². The SMILES string of the molecule is CC(C)C1CCN(C(=O)Cc2ccc(N)cn2)CC1.Cl. The van der Waals surface area contributed by atoms with Crippen LogP contribution < -0.4 is 5.73 Å². The molecule has 0 aliphatic carbocycles. The Hall–Kier alpha value is -1.29. The Morgan fingerprint density at radius 1 is 1.40 bits per heavy atom. The number of nitrogens with two attached hydrogens (primary N) is 1. The molecule has 112 valence electrons. The maximum atomic E-state index is 12.2. The fourth-order valence-electron chi connectivity index (χ4n) is 2.62. The largest absolute Gasteiger partial charge is 0.397 e. The van der Waals surface area contributed by atoms with E-state index in [1.165, 1.54) is 0 Å². The third-order valence-electron chi connectivity index (χ3n) is 4.02. The van der Waals surface area contributed by atoms with Gasteiger partial charge in [-0.25, -0.2) is 0 Å². The number of halogens is 1. The summed E-state index contributed by atoms with van der Waals surface area (Å²) in [5.74, 6) is 1.66. The van der Waals surface area contributed by atoms with Gasteiger partial charge in [-0.2, -0.15) is 0 Å². The second kappa shape index (κ2) is 7.48. The smallest absolute Gasteiger partial charge is 0.228 e. The first-order chi connectivity index (χ1) is 9.06. The predicted octanol–water partition coefficient (Wildman–Crippen LogP) is 2.52. The summed E-state index contributed by atoms with van der Waals surface area (Å²) in [5.41, 5.74) is 7.02. The van der Waals surface area contributed by atoms with Gasteiger partial charge < -0.3 is 10.6 Å². The summed E-state index contributed by atoms with van der Waals surface area (Å²) in [7, 11) is 0. The minimum absolute atomic E-state index is 0. The van der Waals surface area contributed by atoms with Crippen molar-refractivity contribution in [2.45, 2.75) is 33.1 Å². The molecule has 0 unspecified atom stereocenters. The number of likely N-dealkylation sites (tertiary alicyclic amines) is 1. The number of amides is 1. The van der Waals surface area contributed by atoms with Gasteiger partial charge in [-0.3, -0.25) is 9.78 Å². The van der Waals surface area contributed by atoms with Gasteiger partial charge in [0.2, 0.25) is 5.91 Å². The van der Waals surface area contributed by atoms with Gasteiger partial charge in [0.25, 0.3) is 0 Å². The Kier molecular flexibility index (Phi) is 6.27. The Morgan fingerprint density at radius 2 is 2.05 bits per heavy atom. The van der Waals surface area contributed by atoms with Gasteiger partial charge in [0.15, 0.2) is 0 Å². The van der Waals surface area contributed by atoms with E-state index in [4.69, 9.17) is 5.73 Å². The Bertz CT molecular complexity index is 425. The van der Waals surface area contributed by atoms with Gasteiger partial charge >= 0.3 is 0 Å². The van der Waals surface area contributed by atoms with Gasteiger partial charge in [-0.05, 0) is 36.8 Å². The van der Waals surface area contributed by atoms with Gasteiger partial charge in [-0.1, -0.05) is 13.8 Å². The van der Waals surface area contributed by atoms with Crippen molar-refractivity contribution >= 4 is 24.0 Å². The highest BCUT2D eigenvalue weighted by Crippen LogP contribution is 2.24. The van der Waals surface area contributed by atoms with Crippen LogP contribution in [0.5, 0.6) is 0 Å². The fourth-order valence-corrected chi connectivity index (χ4v) is 2.62. The average Bonchev–Trinajstić information content (AvgIpc) is 2.41. The molecule has 0 aromatic carbocycles. The van der Waals surface area contributed by atoms with Crippen molar-refractivity contribution in [2.24, 2.45) is 11.8 Å². The summed E-state index contributed by atoms with van der Waals surface area (Å²) < 4.78 is 0. The van der Waals surface area contributed by atoms with Gasteiger partial charge in [-0.15, -0.1) is 12.4 Å². The summed E-state index contributed by atoms with van der Waals surface area (Å²) in [5, 5.41) is 0. The van der Waals surface area contributed by atoms with Crippen molar-refractivity contribution in [2.75, 3.05) is 18.8 Å². The van der Waals surface area contributed by atoms with Crippen LogP contribution in [0, 0.1) is 11.8 Å². The highest BCUT2D eigenvalue weighted by molar-refractivity contribution is 5.85. The Balaban J connectivity index is 0.00000200. The molecule has 2 heterocycles. The molecule has 1 amide bonds. The minimum atomic E-state index is 0. The second-order valence-electron chi connectivity index (χ2n) is 5.72. The molecular weight excluding hydrogens is 274 g/mol. The number of carbonyl (C=O) groups excluding carboxylic acids is 1. The van der Waals surface area contributed by atoms with E-state index in [1.54, 1.807) is 12.3 Å². The Morgan fingerprint density at radius 3 is 2.55 bits per heavy atom. The lowest BCUT2D eigenvalue weighted by Crippen LogP contribution is -2.40. The highest BCUT2D eigenvalue weighted by Gasteiger charge is 2.24. The van der Waals surface area contributed by atoms with Crippen LogP contribution in [0.15, 0.2) is 18.3 Å². The molecule has 4 nitrogen and oxygen atoms in total. The Labute approximate surface area is 127 Å². The summed E-state index contributed by atoms with van der Waals surface area (Å²) in [4.78, 5) is 18.3. The lowest BCUT2D eigenvalue weighted by atomic mass is 9.86. The molecule has 0 saturated carbocycles. The van der Waals surface area contributed by atoms with E-state index in [9.17, 15) is 4.79 Å². The molecule has 1 fully saturated rings. The lowest BCUT2D eigenvalue weighted by Gasteiger charge is -2.33. The van der Waals surface area contributed by atoms with E-state index >= 15 is 0 Å². The summed E-state index contributed by atoms with van der Waals surface area (Å²) in [6.07, 6.45) is 4.23. The van der Waals surface area contributed by atoms with Crippen LogP contribution in [0.1, 0.15) is 32.4 Å². The number of pyridine rings is 1. The van der Waals surface area contributed by atoms with E-state index in [1.807, 2.05) is 11.0 Å². The number of hydrogen-bond donors (Lipinski definition) is 1. The first-order valence-electron chi connectivity index (χ1n) is 7.04. The van der Waals surface area contributed by atoms with Gasteiger partial charge in [0.05, 0.1) is 18.3 Å². The zero-order valence-electron chi connectivity index (χ0n) is 12.2. The number of aromatic nitrogens is 1. The predicted molar refractivity (Wildman–Crippen MR) is 83.7 cm³/mol. The minimum Gasteiger partial charge on any atom is -0.397 e. The van der Waals surface area contributed by atoms with Crippen molar-refractivity contribution in [3.05, 3.63) is 24.0 Å². The quantitative estimate of drug-likeness (QED) is 0.932. The van der Waals surface area contributed by atoms with Crippen molar-refractivity contribution < 1.29 is 4.79 Å². The highest BCUT2D eigenvalue weighted by atomic mass is 35.5. The molecule has 1 aromatic rings. The molecule has 1 aliphatic rings. The molecule has 2 N–H and O–H groups in total. The molecule has 2 rings (SSSR count). The molecule has 20 heavy (non-hydrogen) atoms. The normalized spacial score (nSPS) is 16.1. The molecule has 0 atom stereocenters. The third-order valence-corrected chi connectivity index (χ3v) is 4.02. The first kappa shape index (κ1) is 16.8. The zero-order chi connectivity index (χ0) is 13.8. The molecule has 0 radical (unpaired) electrons. The first-order valence-corrected chi connectivity index (χ1v) is 7.04. The number of rotatable bonds is 3. The van der Waals surface area contributed by atoms with Crippen molar-refractivity contribution in [1.29, 1.82) is 0 Å². The van der Waals surface area contributed by atoms with E-state index in [0.717, 1.165) is 43.5 Å². The molecule has 1 saturated heterocycles. The van der Waals surface area contributed by atoms with Crippen LogP contribution in [-0.4, -0.2) is 28.9 Å². The van der Waals surface area contributed by atoms with Crippen molar-refractivity contribution in [1.82, 2.24) is 9.88 Å². The summed E-state index contributed by atoms with van der Waals surface area (Å²) in [6, 6.07) is 3.62. The lowest BCUT2D eigenvalue weighted by molar-refractivity contribution is -0.132. The van der Waals surface area contributed by atoms with Crippen LogP contribution >= 0.6 is 12.4 Å². The monoisotopic (exact) mass is 297 g/mol. The van der Waals surface area contributed by atoms with Crippen LogP contribution in [0.4, 0.5) is 5.69 Å². The second-order valence-corrected chi connectivity index (χ2v) is 5.72. The number of nitrogens with zero attached hydrogens (tertiary/aromatic N) is 2. The summed E-state index contributed by atoms with van der Waals surface area (Å²) >= 11 is 0. The maximum absolute atomic E-state index is 12.2. The third kappa shape index (κ3) is 4.37. The number of hydrogen-bond acceptors (Lipinski definition) is 3. The number of nitrogen functional groups attached to an aromatic ring is 1. The van der Waals surface area contributed by atoms with Crippen molar-refractivity contribution in [3.63, 3.8) is 0 Å². The van der Waals surface area contributed by atoms with Crippen molar-refractivity contribution in [3.8, 4) is 0 Å². The van der Waals surface area contributed by atoms with E-state index in [-0.39, 0.29) is 18.3 Å². The van der Waals surface area contributed by atoms with Crippen LogP contribution in [0.2, 0.25) is 0 Å². The molecule has 0 bridgehead atoms. The van der Waals surface area contributed by atoms with Crippen LogP contribution in [-0.2, 0) is 11.2 Å². The molecule has 1 aromatic heterocycles. The maximum Gasteiger partial charge on any atom is 0.228 e. The van der Waals surface area contributed by atoms with Gasteiger partial charge in [0, 0.05) is 18.8 Å². The zero-order valence-corrected chi connectivity index (χ0v) is 13.0. The standard InChI is InChI=1S/C15H23N3O.ClH/c1-11(2)12-5-7-18(8-6-12)15(19)9-14-4-3-13(16)10-17-14;/h3-4,10-12H,5-9,16H2,1-2H3;1H. The molecule has 1 aliphatic heterocycles. The number of anilines is 1. The number of piperidine rings is 1. The summed E-state index contributed by atoms with van der Waals surface area (Å²) in [6.45, 7) is 6.30. The topological polar surface area (TPSA) is 59.2 Å². The van der Waals surface area contributed by atoms with E-state index in [0.29, 0.717) is 12.1 Å². The van der Waals surface area contributed by atoms with E-state index in [2.05, 4.69) is 18.8 Å². The molecular formula is C15H24ClN3O. The molecule has 0 spiro atoms. The number of carbonyl (C=O) groups is 1. The molecule has 5 heteroatoms.